The average molecular weight is 300 g/mol. The zero-order valence-electron chi connectivity index (χ0n) is 10.3. The molecule has 0 radical (unpaired) electrons. The van der Waals surface area contributed by atoms with Crippen molar-refractivity contribution in [1.29, 1.82) is 0 Å². The lowest BCUT2D eigenvalue weighted by molar-refractivity contribution is 0.389. The second-order valence-electron chi connectivity index (χ2n) is 3.76. The van der Waals surface area contributed by atoms with Crippen molar-refractivity contribution in [1.82, 2.24) is 0 Å². The largest absolute Gasteiger partial charge is 0.493 e. The van der Waals surface area contributed by atoms with Gasteiger partial charge >= 0.3 is 10.1 Å². The van der Waals surface area contributed by atoms with Crippen LogP contribution in [0.4, 0.5) is 8.78 Å². The van der Waals surface area contributed by atoms with Gasteiger partial charge in [-0.15, -0.1) is 0 Å². The molecule has 0 amide bonds. The van der Waals surface area contributed by atoms with Crippen molar-refractivity contribution in [2.75, 3.05) is 7.11 Å². The Labute approximate surface area is 114 Å². The lowest BCUT2D eigenvalue weighted by Crippen LogP contribution is -2.12. The Bertz CT molecular complexity index is 729. The summed E-state index contributed by atoms with van der Waals surface area (Å²) in [5.74, 6) is -2.00. The van der Waals surface area contributed by atoms with Crippen molar-refractivity contribution in [2.24, 2.45) is 0 Å². The maximum Gasteiger partial charge on any atom is 0.342 e. The molecule has 106 valence electrons. The van der Waals surface area contributed by atoms with E-state index in [4.69, 9.17) is 8.92 Å². The van der Waals surface area contributed by atoms with Gasteiger partial charge in [0.2, 0.25) is 0 Å². The van der Waals surface area contributed by atoms with Gasteiger partial charge < -0.3 is 8.92 Å². The highest BCUT2D eigenvalue weighted by molar-refractivity contribution is 7.87. The topological polar surface area (TPSA) is 52.6 Å². The van der Waals surface area contributed by atoms with E-state index in [0.29, 0.717) is 6.07 Å². The van der Waals surface area contributed by atoms with Crippen LogP contribution >= 0.6 is 0 Å². The maximum absolute atomic E-state index is 13.5. The highest BCUT2D eigenvalue weighted by Gasteiger charge is 2.23. The molecule has 0 spiro atoms. The molecule has 0 heterocycles. The molecule has 0 atom stereocenters. The minimum absolute atomic E-state index is 0.0845. The molecule has 0 bridgehead atoms. The van der Waals surface area contributed by atoms with Gasteiger partial charge in [-0.2, -0.15) is 8.42 Å². The second-order valence-corrected chi connectivity index (χ2v) is 5.28. The van der Waals surface area contributed by atoms with E-state index < -0.39 is 26.6 Å². The van der Waals surface area contributed by atoms with E-state index in [2.05, 4.69) is 0 Å². The molecule has 0 unspecified atom stereocenters. The lowest BCUT2D eigenvalue weighted by atomic mass is 10.3. The lowest BCUT2D eigenvalue weighted by Gasteiger charge is -2.10. The van der Waals surface area contributed by atoms with Gasteiger partial charge in [0.15, 0.2) is 11.5 Å². The van der Waals surface area contributed by atoms with E-state index in [1.807, 2.05) is 0 Å². The zero-order valence-corrected chi connectivity index (χ0v) is 11.2. The average Bonchev–Trinajstić information content (AvgIpc) is 2.38. The molecule has 0 saturated carbocycles. The zero-order chi connectivity index (χ0) is 14.8. The highest BCUT2D eigenvalue weighted by Crippen LogP contribution is 2.29. The molecule has 0 fully saturated rings. The smallest absolute Gasteiger partial charge is 0.342 e. The number of halogens is 2. The Morgan fingerprint density at radius 2 is 1.65 bits per heavy atom. The summed E-state index contributed by atoms with van der Waals surface area (Å²) >= 11 is 0. The minimum atomic E-state index is -4.42. The van der Waals surface area contributed by atoms with Crippen LogP contribution in [-0.4, -0.2) is 15.5 Å². The van der Waals surface area contributed by atoms with Crippen LogP contribution in [0, 0.1) is 11.6 Å². The number of methoxy groups -OCH3 is 1. The van der Waals surface area contributed by atoms with Crippen LogP contribution in [0.25, 0.3) is 0 Å². The van der Waals surface area contributed by atoms with Gasteiger partial charge in [0, 0.05) is 6.07 Å². The van der Waals surface area contributed by atoms with Crippen LogP contribution in [0.5, 0.6) is 11.5 Å². The number of hydrogen-bond donors (Lipinski definition) is 0. The minimum Gasteiger partial charge on any atom is -0.493 e. The first-order valence-electron chi connectivity index (χ1n) is 5.46. The fraction of sp³-hybridized carbons (Fsp3) is 0.0769. The van der Waals surface area contributed by atoms with Gasteiger partial charge in [0.25, 0.3) is 0 Å². The predicted molar refractivity (Wildman–Crippen MR) is 67.2 cm³/mol. The van der Waals surface area contributed by atoms with E-state index in [0.717, 1.165) is 12.1 Å². The first kappa shape index (κ1) is 14.3. The Morgan fingerprint density at radius 3 is 2.25 bits per heavy atom. The van der Waals surface area contributed by atoms with Crippen LogP contribution < -0.4 is 8.92 Å². The number of para-hydroxylation sites is 2. The van der Waals surface area contributed by atoms with Crippen LogP contribution in [-0.2, 0) is 10.1 Å². The molecule has 0 aliphatic carbocycles. The van der Waals surface area contributed by atoms with E-state index in [1.165, 1.54) is 25.3 Å². The van der Waals surface area contributed by atoms with E-state index in [1.54, 1.807) is 6.07 Å². The molecule has 20 heavy (non-hydrogen) atoms. The fourth-order valence-electron chi connectivity index (χ4n) is 1.53. The Hall–Kier alpha value is -2.15. The first-order chi connectivity index (χ1) is 9.44. The Morgan fingerprint density at radius 1 is 1.00 bits per heavy atom. The number of rotatable bonds is 4. The van der Waals surface area contributed by atoms with Crippen LogP contribution in [0.2, 0.25) is 0 Å². The standard InChI is InChI=1S/C13H10F2O4S/c1-18-11-4-2-3-5-12(11)19-20(16,17)13-7-6-9(14)8-10(13)15/h2-8H,1H3. The number of benzene rings is 2. The third kappa shape index (κ3) is 2.88. The summed E-state index contributed by atoms with van der Waals surface area (Å²) in [4.78, 5) is -0.746. The summed E-state index contributed by atoms with van der Waals surface area (Å²) in [7, 11) is -3.07. The maximum atomic E-state index is 13.5. The summed E-state index contributed by atoms with van der Waals surface area (Å²) in [6.07, 6.45) is 0. The van der Waals surface area contributed by atoms with Gasteiger partial charge in [-0.05, 0) is 24.3 Å². The number of hydrogen-bond acceptors (Lipinski definition) is 4. The fourth-order valence-corrected chi connectivity index (χ4v) is 2.53. The third-order valence-corrected chi connectivity index (χ3v) is 3.70. The summed E-state index contributed by atoms with van der Waals surface area (Å²) < 4.78 is 60.0. The molecule has 0 aromatic heterocycles. The van der Waals surface area contributed by atoms with Crippen molar-refractivity contribution >= 4 is 10.1 Å². The highest BCUT2D eigenvalue weighted by atomic mass is 32.2. The quantitative estimate of drug-likeness (QED) is 0.815. The third-order valence-electron chi connectivity index (χ3n) is 2.43. The molecule has 0 aliphatic heterocycles. The molecule has 0 saturated heterocycles. The molecule has 0 aliphatic rings. The molecule has 2 aromatic carbocycles. The van der Waals surface area contributed by atoms with E-state index >= 15 is 0 Å². The molecule has 2 aromatic rings. The Kier molecular flexibility index (Phi) is 3.89. The molecular formula is C13H10F2O4S. The second kappa shape index (κ2) is 5.46. The van der Waals surface area contributed by atoms with Gasteiger partial charge in [-0.1, -0.05) is 12.1 Å². The van der Waals surface area contributed by atoms with Gasteiger partial charge in [0.1, 0.15) is 16.5 Å². The van der Waals surface area contributed by atoms with Crippen molar-refractivity contribution in [3.8, 4) is 11.5 Å². The summed E-state index contributed by atoms with van der Waals surface area (Å²) in [5.41, 5.74) is 0. The van der Waals surface area contributed by atoms with E-state index in [-0.39, 0.29) is 11.5 Å². The van der Waals surface area contributed by atoms with Gasteiger partial charge in [-0.3, -0.25) is 0 Å². The SMILES string of the molecule is COc1ccccc1OS(=O)(=O)c1ccc(F)cc1F. The Balaban J connectivity index is 2.41. The van der Waals surface area contributed by atoms with Crippen molar-refractivity contribution in [3.63, 3.8) is 0 Å². The molecular weight excluding hydrogens is 290 g/mol. The van der Waals surface area contributed by atoms with Crippen molar-refractivity contribution in [3.05, 3.63) is 54.1 Å². The molecule has 7 heteroatoms. The first-order valence-corrected chi connectivity index (χ1v) is 6.87. The summed E-state index contributed by atoms with van der Waals surface area (Å²) in [5, 5.41) is 0. The van der Waals surface area contributed by atoms with Crippen LogP contribution in [0.1, 0.15) is 0 Å². The summed E-state index contributed by atoms with van der Waals surface area (Å²) in [6.45, 7) is 0. The van der Waals surface area contributed by atoms with Gasteiger partial charge in [-0.25, -0.2) is 8.78 Å². The van der Waals surface area contributed by atoms with Crippen LogP contribution in [0.3, 0.4) is 0 Å². The summed E-state index contributed by atoms with van der Waals surface area (Å²) in [6, 6.07) is 8.12. The van der Waals surface area contributed by atoms with Crippen molar-refractivity contribution < 1.29 is 26.1 Å². The van der Waals surface area contributed by atoms with Crippen LogP contribution in [0.15, 0.2) is 47.4 Å². The monoisotopic (exact) mass is 300 g/mol. The normalized spacial score (nSPS) is 11.2. The van der Waals surface area contributed by atoms with Gasteiger partial charge in [0.05, 0.1) is 7.11 Å². The number of ether oxygens (including phenoxy) is 1. The molecule has 0 N–H and O–H groups in total. The predicted octanol–water partition coefficient (Wildman–Crippen LogP) is 2.74. The molecule has 2 rings (SSSR count). The molecule has 4 nitrogen and oxygen atoms in total. The van der Waals surface area contributed by atoms with Crippen molar-refractivity contribution in [2.45, 2.75) is 4.90 Å². The van der Waals surface area contributed by atoms with E-state index in [9.17, 15) is 17.2 Å².